The van der Waals surface area contributed by atoms with Gasteiger partial charge in [-0.25, -0.2) is 0 Å². The van der Waals surface area contributed by atoms with Gasteiger partial charge < -0.3 is 0 Å². The van der Waals surface area contributed by atoms with Gasteiger partial charge in [0.25, 0.3) is 0 Å². The van der Waals surface area contributed by atoms with Crippen molar-refractivity contribution >= 4 is 6.29 Å². The zero-order chi connectivity index (χ0) is 9.80. The molecule has 0 radical (unpaired) electrons. The number of carbonyl (C=O) groups is 1. The first-order valence-electron chi connectivity index (χ1n) is 5.31. The zero-order valence-corrected chi connectivity index (χ0v) is 8.28. The summed E-state index contributed by atoms with van der Waals surface area (Å²) in [6.45, 7) is 0. The summed E-state index contributed by atoms with van der Waals surface area (Å²) in [4.78, 5) is 14.8. The molecule has 2 rings (SSSR count). The molecule has 1 fully saturated rings. The van der Waals surface area contributed by atoms with Crippen molar-refractivity contribution in [3.63, 3.8) is 0 Å². The molecule has 1 aromatic heterocycles. The van der Waals surface area contributed by atoms with Crippen LogP contribution < -0.4 is 0 Å². The van der Waals surface area contributed by atoms with E-state index in [0.29, 0.717) is 11.5 Å². The van der Waals surface area contributed by atoms with Crippen molar-refractivity contribution in [2.75, 3.05) is 0 Å². The smallest absolute Gasteiger partial charge is 0.151 e. The fourth-order valence-corrected chi connectivity index (χ4v) is 2.13. The van der Waals surface area contributed by atoms with Crippen LogP contribution in [-0.4, -0.2) is 11.3 Å². The molecule has 0 amide bonds. The summed E-state index contributed by atoms with van der Waals surface area (Å²) >= 11 is 0. The van der Waals surface area contributed by atoms with Crippen LogP contribution in [0.4, 0.5) is 0 Å². The Balaban J connectivity index is 2.11. The standard InChI is InChI=1S/C12H15NO/c14-9-10-6-7-12(13-8-10)11-4-2-1-3-5-11/h6-9,11H,1-5H2. The maximum atomic E-state index is 10.5. The van der Waals surface area contributed by atoms with Crippen LogP contribution in [0, 0.1) is 0 Å². The Bertz CT molecular complexity index is 299. The molecule has 0 saturated heterocycles. The number of aldehydes is 1. The number of rotatable bonds is 2. The summed E-state index contributed by atoms with van der Waals surface area (Å²) in [7, 11) is 0. The van der Waals surface area contributed by atoms with E-state index >= 15 is 0 Å². The van der Waals surface area contributed by atoms with Gasteiger partial charge in [0.05, 0.1) is 0 Å². The van der Waals surface area contributed by atoms with E-state index in [-0.39, 0.29) is 0 Å². The first kappa shape index (κ1) is 9.38. The van der Waals surface area contributed by atoms with Gasteiger partial charge in [-0.05, 0) is 25.0 Å². The lowest BCUT2D eigenvalue weighted by atomic mass is 9.86. The largest absolute Gasteiger partial charge is 0.298 e. The monoisotopic (exact) mass is 189 g/mol. The fraction of sp³-hybridized carbons (Fsp3) is 0.500. The molecule has 1 aliphatic carbocycles. The van der Waals surface area contributed by atoms with Gasteiger partial charge in [0.15, 0.2) is 6.29 Å². The molecule has 74 valence electrons. The van der Waals surface area contributed by atoms with Gasteiger partial charge in [-0.15, -0.1) is 0 Å². The Morgan fingerprint density at radius 3 is 2.57 bits per heavy atom. The van der Waals surface area contributed by atoms with Crippen molar-refractivity contribution in [3.05, 3.63) is 29.6 Å². The summed E-state index contributed by atoms with van der Waals surface area (Å²) in [5, 5.41) is 0. The maximum Gasteiger partial charge on any atom is 0.151 e. The minimum absolute atomic E-state index is 0.629. The predicted octanol–water partition coefficient (Wildman–Crippen LogP) is 2.94. The summed E-state index contributed by atoms with van der Waals surface area (Å²) in [6.07, 6.45) is 9.04. The van der Waals surface area contributed by atoms with Crippen molar-refractivity contribution in [1.82, 2.24) is 4.98 Å². The third-order valence-corrected chi connectivity index (χ3v) is 2.97. The van der Waals surface area contributed by atoms with E-state index in [9.17, 15) is 4.79 Å². The molecule has 1 heterocycles. The van der Waals surface area contributed by atoms with E-state index in [2.05, 4.69) is 4.98 Å². The molecule has 0 spiro atoms. The van der Waals surface area contributed by atoms with E-state index < -0.39 is 0 Å². The van der Waals surface area contributed by atoms with Crippen LogP contribution in [0.25, 0.3) is 0 Å². The molecule has 1 aliphatic rings. The second-order valence-corrected chi connectivity index (χ2v) is 3.97. The van der Waals surface area contributed by atoms with Crippen LogP contribution in [0.3, 0.4) is 0 Å². The van der Waals surface area contributed by atoms with E-state index in [1.54, 1.807) is 6.20 Å². The number of hydrogen-bond donors (Lipinski definition) is 0. The van der Waals surface area contributed by atoms with E-state index in [0.717, 1.165) is 12.0 Å². The minimum Gasteiger partial charge on any atom is -0.298 e. The number of hydrogen-bond acceptors (Lipinski definition) is 2. The third-order valence-electron chi connectivity index (χ3n) is 2.97. The van der Waals surface area contributed by atoms with E-state index in [1.807, 2.05) is 12.1 Å². The maximum absolute atomic E-state index is 10.5. The molecule has 0 aromatic carbocycles. The molecule has 14 heavy (non-hydrogen) atoms. The Morgan fingerprint density at radius 2 is 2.00 bits per heavy atom. The van der Waals surface area contributed by atoms with Crippen LogP contribution >= 0.6 is 0 Å². The highest BCUT2D eigenvalue weighted by molar-refractivity contribution is 5.73. The molecular weight excluding hydrogens is 174 g/mol. The van der Waals surface area contributed by atoms with Crippen LogP contribution in [0.1, 0.15) is 54.1 Å². The van der Waals surface area contributed by atoms with Crippen molar-refractivity contribution in [2.24, 2.45) is 0 Å². The molecule has 0 unspecified atom stereocenters. The molecule has 2 heteroatoms. The van der Waals surface area contributed by atoms with Gasteiger partial charge in [0, 0.05) is 23.4 Å². The van der Waals surface area contributed by atoms with Crippen molar-refractivity contribution in [1.29, 1.82) is 0 Å². The molecular formula is C12H15NO. The average Bonchev–Trinajstić information content (AvgIpc) is 2.30. The normalized spacial score (nSPS) is 18.0. The number of nitrogens with zero attached hydrogens (tertiary/aromatic N) is 1. The Labute approximate surface area is 84.4 Å². The van der Waals surface area contributed by atoms with Crippen LogP contribution in [-0.2, 0) is 0 Å². The van der Waals surface area contributed by atoms with E-state index in [4.69, 9.17) is 0 Å². The second-order valence-electron chi connectivity index (χ2n) is 3.97. The average molecular weight is 189 g/mol. The Hall–Kier alpha value is -1.18. The zero-order valence-electron chi connectivity index (χ0n) is 8.28. The van der Waals surface area contributed by atoms with Gasteiger partial charge in [0.1, 0.15) is 0 Å². The molecule has 2 nitrogen and oxygen atoms in total. The molecule has 0 bridgehead atoms. The van der Waals surface area contributed by atoms with Crippen LogP contribution in [0.5, 0.6) is 0 Å². The quantitative estimate of drug-likeness (QED) is 0.669. The van der Waals surface area contributed by atoms with Crippen molar-refractivity contribution in [3.8, 4) is 0 Å². The minimum atomic E-state index is 0.629. The number of pyridine rings is 1. The van der Waals surface area contributed by atoms with Gasteiger partial charge >= 0.3 is 0 Å². The summed E-state index contributed by atoms with van der Waals surface area (Å²) in [5.74, 6) is 0.629. The number of carbonyl (C=O) groups excluding carboxylic acids is 1. The summed E-state index contributed by atoms with van der Waals surface area (Å²) in [6, 6.07) is 3.86. The Morgan fingerprint density at radius 1 is 1.21 bits per heavy atom. The second kappa shape index (κ2) is 4.36. The van der Waals surface area contributed by atoms with Crippen molar-refractivity contribution < 1.29 is 4.79 Å². The molecule has 0 aliphatic heterocycles. The molecule has 0 N–H and O–H groups in total. The first-order chi connectivity index (χ1) is 6.90. The predicted molar refractivity (Wildman–Crippen MR) is 55.5 cm³/mol. The van der Waals surface area contributed by atoms with E-state index in [1.165, 1.54) is 32.1 Å². The SMILES string of the molecule is O=Cc1ccc(C2CCCCC2)nc1. The Kier molecular flexibility index (Phi) is 2.92. The van der Waals surface area contributed by atoms with Gasteiger partial charge in [-0.3, -0.25) is 9.78 Å². The highest BCUT2D eigenvalue weighted by atomic mass is 16.1. The van der Waals surface area contributed by atoms with Gasteiger partial charge in [-0.2, -0.15) is 0 Å². The summed E-state index contributed by atoms with van der Waals surface area (Å²) < 4.78 is 0. The third kappa shape index (κ3) is 2.00. The van der Waals surface area contributed by atoms with Gasteiger partial charge in [0.2, 0.25) is 0 Å². The number of aromatic nitrogens is 1. The molecule has 1 aromatic rings. The lowest BCUT2D eigenvalue weighted by molar-refractivity contribution is 0.112. The molecule has 0 atom stereocenters. The van der Waals surface area contributed by atoms with Gasteiger partial charge in [-0.1, -0.05) is 19.3 Å². The van der Waals surface area contributed by atoms with Crippen molar-refractivity contribution in [2.45, 2.75) is 38.0 Å². The molecule has 1 saturated carbocycles. The highest BCUT2D eigenvalue weighted by Crippen LogP contribution is 2.31. The fourth-order valence-electron chi connectivity index (χ4n) is 2.13. The van der Waals surface area contributed by atoms with Crippen LogP contribution in [0.15, 0.2) is 18.3 Å². The lowest BCUT2D eigenvalue weighted by Gasteiger charge is -2.20. The lowest BCUT2D eigenvalue weighted by Crippen LogP contribution is -2.06. The summed E-state index contributed by atoms with van der Waals surface area (Å²) in [5.41, 5.74) is 1.83. The van der Waals surface area contributed by atoms with Crippen LogP contribution in [0.2, 0.25) is 0 Å². The highest BCUT2D eigenvalue weighted by Gasteiger charge is 2.16. The first-order valence-corrected chi connectivity index (χ1v) is 5.31. The topological polar surface area (TPSA) is 30.0 Å².